The molecule has 0 aromatic heterocycles. The van der Waals surface area contributed by atoms with Gasteiger partial charge < -0.3 is 19.3 Å². The molecule has 38 heavy (non-hydrogen) atoms. The van der Waals surface area contributed by atoms with E-state index in [1.165, 1.54) is 4.90 Å². The SMILES string of the molecule is CCOc1cc(C2/C(=C(\O)c3ccc(OC(C)C)cc3)C(=O)C(=O)N2c2ccc(C)c(C)c2)ccc1OC. The maximum atomic E-state index is 13.5. The quantitative estimate of drug-likeness (QED) is 0.221. The zero-order valence-electron chi connectivity index (χ0n) is 22.6. The molecule has 1 aliphatic rings. The van der Waals surface area contributed by atoms with Gasteiger partial charge in [-0.1, -0.05) is 12.1 Å². The van der Waals surface area contributed by atoms with Gasteiger partial charge in [-0.3, -0.25) is 14.5 Å². The van der Waals surface area contributed by atoms with Gasteiger partial charge in [0.05, 0.1) is 31.4 Å². The van der Waals surface area contributed by atoms with Crippen molar-refractivity contribution in [2.45, 2.75) is 46.8 Å². The number of rotatable bonds is 8. The van der Waals surface area contributed by atoms with Crippen LogP contribution in [0.1, 0.15) is 49.1 Å². The Bertz CT molecular complexity index is 1390. The molecule has 0 aliphatic carbocycles. The van der Waals surface area contributed by atoms with Crippen molar-refractivity contribution in [2.24, 2.45) is 0 Å². The Labute approximate surface area is 223 Å². The van der Waals surface area contributed by atoms with E-state index in [1.54, 1.807) is 49.6 Å². The molecule has 4 rings (SSSR count). The molecular formula is C31H33NO6. The molecule has 1 atom stereocenters. The first kappa shape index (κ1) is 26.8. The lowest BCUT2D eigenvalue weighted by molar-refractivity contribution is -0.132. The van der Waals surface area contributed by atoms with E-state index in [2.05, 4.69) is 0 Å². The van der Waals surface area contributed by atoms with Gasteiger partial charge in [0.1, 0.15) is 11.5 Å². The molecule has 0 radical (unpaired) electrons. The van der Waals surface area contributed by atoms with Crippen LogP contribution < -0.4 is 19.1 Å². The summed E-state index contributed by atoms with van der Waals surface area (Å²) in [5, 5.41) is 11.4. The lowest BCUT2D eigenvalue weighted by Gasteiger charge is -2.26. The third-order valence-electron chi connectivity index (χ3n) is 6.52. The van der Waals surface area contributed by atoms with E-state index in [-0.39, 0.29) is 17.4 Å². The average molecular weight is 516 g/mol. The van der Waals surface area contributed by atoms with Crippen LogP contribution in [0.3, 0.4) is 0 Å². The smallest absolute Gasteiger partial charge is 0.300 e. The van der Waals surface area contributed by atoms with E-state index in [4.69, 9.17) is 14.2 Å². The highest BCUT2D eigenvalue weighted by Gasteiger charge is 2.47. The standard InChI is InChI=1S/C31H33NO6/c1-7-37-26-17-22(11-15-25(26)36-6)28-27(29(33)21-9-13-24(14-10-21)38-18(2)3)30(34)31(35)32(28)23-12-8-19(4)20(5)16-23/h8-18,28,33H,7H2,1-6H3/b29-27+. The number of aryl methyl sites for hydroxylation is 2. The summed E-state index contributed by atoms with van der Waals surface area (Å²) in [4.78, 5) is 28.4. The van der Waals surface area contributed by atoms with Crippen LogP contribution in [0.4, 0.5) is 5.69 Å². The Morgan fingerprint density at radius 2 is 1.66 bits per heavy atom. The molecule has 0 saturated carbocycles. The topological polar surface area (TPSA) is 85.3 Å². The molecule has 1 heterocycles. The number of methoxy groups -OCH3 is 1. The van der Waals surface area contributed by atoms with Crippen molar-refractivity contribution in [1.82, 2.24) is 0 Å². The third-order valence-corrected chi connectivity index (χ3v) is 6.52. The van der Waals surface area contributed by atoms with Gasteiger partial charge in [-0.25, -0.2) is 0 Å². The van der Waals surface area contributed by atoms with Gasteiger partial charge in [0, 0.05) is 11.3 Å². The highest BCUT2D eigenvalue weighted by atomic mass is 16.5. The van der Waals surface area contributed by atoms with Crippen molar-refractivity contribution in [2.75, 3.05) is 18.6 Å². The molecule has 198 valence electrons. The molecule has 3 aromatic carbocycles. The van der Waals surface area contributed by atoms with Crippen molar-refractivity contribution in [1.29, 1.82) is 0 Å². The molecule has 0 bridgehead atoms. The molecule has 1 fully saturated rings. The number of carbonyl (C=O) groups is 2. The molecule has 7 heteroatoms. The number of amides is 1. The van der Waals surface area contributed by atoms with Crippen molar-refractivity contribution in [3.8, 4) is 17.2 Å². The summed E-state index contributed by atoms with van der Waals surface area (Å²) in [5.41, 5.74) is 3.62. The highest BCUT2D eigenvalue weighted by Crippen LogP contribution is 2.44. The monoisotopic (exact) mass is 515 g/mol. The van der Waals surface area contributed by atoms with Gasteiger partial charge in [0.2, 0.25) is 0 Å². The summed E-state index contributed by atoms with van der Waals surface area (Å²) in [6.45, 7) is 10.0. The molecule has 3 aromatic rings. The summed E-state index contributed by atoms with van der Waals surface area (Å²) >= 11 is 0. The molecular weight excluding hydrogens is 482 g/mol. The number of hydrogen-bond acceptors (Lipinski definition) is 6. The Morgan fingerprint density at radius 3 is 2.26 bits per heavy atom. The summed E-state index contributed by atoms with van der Waals surface area (Å²) in [6, 6.07) is 16.8. The number of carbonyl (C=O) groups excluding carboxylic acids is 2. The zero-order chi connectivity index (χ0) is 27.6. The van der Waals surface area contributed by atoms with Gasteiger partial charge in [-0.05, 0) is 99.8 Å². The molecule has 1 aliphatic heterocycles. The fourth-order valence-electron chi connectivity index (χ4n) is 4.54. The zero-order valence-corrected chi connectivity index (χ0v) is 22.6. The lowest BCUT2D eigenvalue weighted by Crippen LogP contribution is -2.29. The Balaban J connectivity index is 1.91. The van der Waals surface area contributed by atoms with E-state index in [0.29, 0.717) is 40.7 Å². The van der Waals surface area contributed by atoms with Crippen LogP contribution in [0.5, 0.6) is 17.2 Å². The summed E-state index contributed by atoms with van der Waals surface area (Å²) in [7, 11) is 1.55. The van der Waals surface area contributed by atoms with Gasteiger partial charge >= 0.3 is 0 Å². The van der Waals surface area contributed by atoms with Crippen LogP contribution in [0.15, 0.2) is 66.2 Å². The normalized spacial score (nSPS) is 16.7. The fourth-order valence-corrected chi connectivity index (χ4v) is 4.54. The number of ether oxygens (including phenoxy) is 3. The van der Waals surface area contributed by atoms with Crippen LogP contribution in [0.2, 0.25) is 0 Å². The third kappa shape index (κ3) is 5.09. The second kappa shape index (κ2) is 11.0. The van der Waals surface area contributed by atoms with Crippen molar-refractivity contribution in [3.63, 3.8) is 0 Å². The Kier molecular flexibility index (Phi) is 7.76. The van der Waals surface area contributed by atoms with Crippen LogP contribution >= 0.6 is 0 Å². The first-order valence-electron chi connectivity index (χ1n) is 12.6. The minimum atomic E-state index is -0.881. The molecule has 7 nitrogen and oxygen atoms in total. The van der Waals surface area contributed by atoms with E-state index in [0.717, 1.165) is 11.1 Å². The Morgan fingerprint density at radius 1 is 0.947 bits per heavy atom. The van der Waals surface area contributed by atoms with Crippen LogP contribution in [-0.2, 0) is 9.59 Å². The predicted molar refractivity (Wildman–Crippen MR) is 147 cm³/mol. The largest absolute Gasteiger partial charge is 0.507 e. The first-order chi connectivity index (χ1) is 18.2. The van der Waals surface area contributed by atoms with Gasteiger partial charge in [0.25, 0.3) is 11.7 Å². The maximum absolute atomic E-state index is 13.5. The number of hydrogen-bond donors (Lipinski definition) is 1. The number of Topliss-reactive ketones (excluding diaryl/α,β-unsaturated/α-hetero) is 1. The van der Waals surface area contributed by atoms with E-state index >= 15 is 0 Å². The maximum Gasteiger partial charge on any atom is 0.300 e. The lowest BCUT2D eigenvalue weighted by atomic mass is 9.94. The molecule has 1 unspecified atom stereocenters. The number of aliphatic hydroxyl groups excluding tert-OH is 1. The van der Waals surface area contributed by atoms with Crippen LogP contribution in [0.25, 0.3) is 5.76 Å². The van der Waals surface area contributed by atoms with Crippen molar-refractivity contribution in [3.05, 3.63) is 88.5 Å². The molecule has 1 amide bonds. The minimum Gasteiger partial charge on any atom is -0.507 e. The number of anilines is 1. The first-order valence-corrected chi connectivity index (χ1v) is 12.6. The Hall–Kier alpha value is -4.26. The van der Waals surface area contributed by atoms with Gasteiger partial charge in [-0.2, -0.15) is 0 Å². The average Bonchev–Trinajstić information content (AvgIpc) is 3.15. The predicted octanol–water partition coefficient (Wildman–Crippen LogP) is 6.12. The fraction of sp³-hybridized carbons (Fsp3) is 0.290. The van der Waals surface area contributed by atoms with Crippen LogP contribution in [-0.4, -0.2) is 36.6 Å². The molecule has 1 N–H and O–H groups in total. The highest BCUT2D eigenvalue weighted by molar-refractivity contribution is 6.51. The summed E-state index contributed by atoms with van der Waals surface area (Å²) in [6.07, 6.45) is -0.00709. The number of aliphatic hydroxyl groups is 1. The van der Waals surface area contributed by atoms with Gasteiger partial charge in [0.15, 0.2) is 11.5 Å². The second-order valence-electron chi connectivity index (χ2n) is 9.47. The number of nitrogens with zero attached hydrogens (tertiary/aromatic N) is 1. The molecule has 1 saturated heterocycles. The minimum absolute atomic E-state index is 0.00151. The second-order valence-corrected chi connectivity index (χ2v) is 9.47. The van der Waals surface area contributed by atoms with E-state index in [9.17, 15) is 14.7 Å². The summed E-state index contributed by atoms with van der Waals surface area (Å²) in [5.74, 6) is -0.0899. The van der Waals surface area contributed by atoms with Crippen LogP contribution in [0, 0.1) is 13.8 Å². The summed E-state index contributed by atoms with van der Waals surface area (Å²) < 4.78 is 16.9. The number of ketones is 1. The van der Waals surface area contributed by atoms with Crippen molar-refractivity contribution >= 4 is 23.1 Å². The van der Waals surface area contributed by atoms with Crippen molar-refractivity contribution < 1.29 is 28.9 Å². The van der Waals surface area contributed by atoms with E-state index in [1.807, 2.05) is 52.8 Å². The number of benzene rings is 3. The van der Waals surface area contributed by atoms with E-state index < -0.39 is 17.7 Å². The molecule has 0 spiro atoms. The van der Waals surface area contributed by atoms with Gasteiger partial charge in [-0.15, -0.1) is 0 Å².